The highest BCUT2D eigenvalue weighted by molar-refractivity contribution is 6.48. The van der Waals surface area contributed by atoms with Gasteiger partial charge in [-0.25, -0.2) is 4.79 Å². The minimum absolute atomic E-state index is 0.0900. The fourth-order valence-electron chi connectivity index (χ4n) is 2.82. The number of aromatic nitrogens is 2. The molecule has 1 amide bonds. The molecule has 0 bridgehead atoms. The van der Waals surface area contributed by atoms with Crippen LogP contribution in [0.5, 0.6) is 11.5 Å². The van der Waals surface area contributed by atoms with Gasteiger partial charge in [0.2, 0.25) is 0 Å². The number of aromatic carboxylic acids is 1. The first-order valence-corrected chi connectivity index (χ1v) is 8.71. The van der Waals surface area contributed by atoms with Crippen molar-refractivity contribution in [3.05, 3.63) is 65.5 Å². The number of rotatable bonds is 6. The molecule has 0 spiro atoms. The van der Waals surface area contributed by atoms with Gasteiger partial charge in [0.25, 0.3) is 5.91 Å². The van der Waals surface area contributed by atoms with Crippen molar-refractivity contribution < 1.29 is 24.5 Å². The third-order valence-corrected chi connectivity index (χ3v) is 4.34. The monoisotopic (exact) mass is 417 g/mol. The zero-order chi connectivity index (χ0) is 22.5. The van der Waals surface area contributed by atoms with E-state index in [1.807, 2.05) is 6.07 Å². The van der Waals surface area contributed by atoms with Crippen LogP contribution >= 0.6 is 0 Å². The number of carboxylic acids is 1. The van der Waals surface area contributed by atoms with Crippen molar-refractivity contribution >= 4 is 23.3 Å². The lowest BCUT2D eigenvalue weighted by Gasteiger charge is -2.14. The smallest absolute Gasteiger partial charge is 0.337 e. The standard InChI is InChI=1S/C21H15N5O5/c1-31-18-8-17(27)15(7-13(18)12-4-5-24-25-10-12)19(23)20(28)26-16-3-2-11(9-22)6-14(16)21(29)30/h2-8,10,23,27H,1H3,(H,26,28)(H,29,30). The van der Waals surface area contributed by atoms with Crippen LogP contribution in [0.15, 0.2) is 48.8 Å². The predicted molar refractivity (Wildman–Crippen MR) is 109 cm³/mol. The largest absolute Gasteiger partial charge is 0.507 e. The summed E-state index contributed by atoms with van der Waals surface area (Å²) in [5.74, 6) is -2.38. The number of amides is 1. The van der Waals surface area contributed by atoms with Gasteiger partial charge in [-0.2, -0.15) is 15.5 Å². The molecule has 0 saturated heterocycles. The maximum atomic E-state index is 12.6. The number of carboxylic acid groups (broad SMARTS) is 1. The number of ether oxygens (including phenoxy) is 1. The van der Waals surface area contributed by atoms with E-state index in [0.29, 0.717) is 16.9 Å². The Morgan fingerprint density at radius 1 is 1.16 bits per heavy atom. The number of phenols is 1. The van der Waals surface area contributed by atoms with Gasteiger partial charge >= 0.3 is 5.97 Å². The number of phenolic OH excluding ortho intramolecular Hbond substituents is 1. The van der Waals surface area contributed by atoms with E-state index in [-0.39, 0.29) is 28.1 Å². The van der Waals surface area contributed by atoms with Crippen molar-refractivity contribution in [3.8, 4) is 28.7 Å². The van der Waals surface area contributed by atoms with Gasteiger partial charge in [-0.15, -0.1) is 0 Å². The van der Waals surface area contributed by atoms with E-state index in [1.54, 1.807) is 6.07 Å². The van der Waals surface area contributed by atoms with Crippen molar-refractivity contribution in [3.63, 3.8) is 0 Å². The number of benzene rings is 2. The second-order valence-corrected chi connectivity index (χ2v) is 6.21. The Morgan fingerprint density at radius 3 is 2.55 bits per heavy atom. The van der Waals surface area contributed by atoms with Gasteiger partial charge in [-0.05, 0) is 30.3 Å². The molecule has 0 aliphatic heterocycles. The van der Waals surface area contributed by atoms with Gasteiger partial charge in [0.1, 0.15) is 17.2 Å². The normalized spacial score (nSPS) is 10.1. The molecule has 10 nitrogen and oxygen atoms in total. The molecule has 3 aromatic rings. The highest BCUT2D eigenvalue weighted by Gasteiger charge is 2.22. The van der Waals surface area contributed by atoms with Crippen LogP contribution in [0.3, 0.4) is 0 Å². The number of hydrogen-bond acceptors (Lipinski definition) is 8. The summed E-state index contributed by atoms with van der Waals surface area (Å²) < 4.78 is 5.26. The Labute approximate surface area is 175 Å². The van der Waals surface area contributed by atoms with Gasteiger partial charge in [0.05, 0.1) is 42.4 Å². The van der Waals surface area contributed by atoms with Crippen molar-refractivity contribution in [2.24, 2.45) is 0 Å². The van der Waals surface area contributed by atoms with E-state index in [2.05, 4.69) is 15.5 Å². The summed E-state index contributed by atoms with van der Waals surface area (Å²) in [7, 11) is 1.41. The molecular formula is C21H15N5O5. The highest BCUT2D eigenvalue weighted by Crippen LogP contribution is 2.35. The van der Waals surface area contributed by atoms with Gasteiger partial charge < -0.3 is 20.3 Å². The Morgan fingerprint density at radius 2 is 1.94 bits per heavy atom. The van der Waals surface area contributed by atoms with E-state index in [1.165, 1.54) is 43.8 Å². The minimum atomic E-state index is -1.35. The van der Waals surface area contributed by atoms with Crippen LogP contribution in [0.25, 0.3) is 11.1 Å². The Kier molecular flexibility index (Phi) is 5.88. The topological polar surface area (TPSA) is 169 Å². The molecule has 0 radical (unpaired) electrons. The molecule has 10 heteroatoms. The molecule has 2 aromatic carbocycles. The van der Waals surface area contributed by atoms with Crippen LogP contribution in [0.4, 0.5) is 5.69 Å². The molecular weight excluding hydrogens is 402 g/mol. The molecule has 0 atom stereocenters. The molecule has 0 aliphatic rings. The highest BCUT2D eigenvalue weighted by atomic mass is 16.5. The lowest BCUT2D eigenvalue weighted by Crippen LogP contribution is -2.24. The first-order valence-electron chi connectivity index (χ1n) is 8.71. The van der Waals surface area contributed by atoms with E-state index in [9.17, 15) is 19.8 Å². The zero-order valence-corrected chi connectivity index (χ0v) is 16.1. The number of carbonyl (C=O) groups excluding carboxylic acids is 1. The van der Waals surface area contributed by atoms with E-state index in [0.717, 1.165) is 6.07 Å². The number of aromatic hydroxyl groups is 1. The van der Waals surface area contributed by atoms with Gasteiger partial charge in [-0.1, -0.05) is 0 Å². The second-order valence-electron chi connectivity index (χ2n) is 6.21. The van der Waals surface area contributed by atoms with Crippen molar-refractivity contribution in [2.75, 3.05) is 12.4 Å². The molecule has 3 rings (SSSR count). The lowest BCUT2D eigenvalue weighted by molar-refractivity contribution is -0.110. The summed E-state index contributed by atoms with van der Waals surface area (Å²) in [5.41, 5.74) is 0.0537. The summed E-state index contributed by atoms with van der Waals surface area (Å²) >= 11 is 0. The van der Waals surface area contributed by atoms with Crippen LogP contribution in [-0.4, -0.2) is 45.1 Å². The number of anilines is 1. The van der Waals surface area contributed by atoms with Gasteiger partial charge in [0.15, 0.2) is 0 Å². The summed E-state index contributed by atoms with van der Waals surface area (Å²) in [6.07, 6.45) is 2.91. The fraction of sp³-hybridized carbons (Fsp3) is 0.0476. The molecule has 4 N–H and O–H groups in total. The molecule has 0 aliphatic carbocycles. The van der Waals surface area contributed by atoms with E-state index < -0.39 is 17.6 Å². The third kappa shape index (κ3) is 4.30. The predicted octanol–water partition coefficient (Wildman–Crippen LogP) is 2.43. The minimum Gasteiger partial charge on any atom is -0.507 e. The Balaban J connectivity index is 1.97. The van der Waals surface area contributed by atoms with E-state index >= 15 is 0 Å². The quantitative estimate of drug-likeness (QED) is 0.443. The SMILES string of the molecule is COc1cc(O)c(C(=N)C(=O)Nc2ccc(C#N)cc2C(=O)O)cc1-c1ccnnc1. The van der Waals surface area contributed by atoms with Gasteiger partial charge in [0, 0.05) is 22.8 Å². The molecule has 1 heterocycles. The Bertz CT molecular complexity index is 1230. The Hall–Kier alpha value is -4.78. The molecule has 154 valence electrons. The number of nitriles is 1. The van der Waals surface area contributed by atoms with Crippen LogP contribution in [0.2, 0.25) is 0 Å². The molecule has 0 fully saturated rings. The number of hydrogen-bond donors (Lipinski definition) is 4. The first-order chi connectivity index (χ1) is 14.8. The molecule has 31 heavy (non-hydrogen) atoms. The molecule has 0 saturated carbocycles. The van der Waals surface area contributed by atoms with Crippen LogP contribution in [-0.2, 0) is 4.79 Å². The maximum Gasteiger partial charge on any atom is 0.337 e. The first kappa shape index (κ1) is 20.9. The number of carbonyl (C=O) groups is 2. The summed E-state index contributed by atoms with van der Waals surface area (Å²) in [4.78, 5) is 24.1. The van der Waals surface area contributed by atoms with Crippen LogP contribution in [0, 0.1) is 16.7 Å². The molecule has 0 unspecified atom stereocenters. The van der Waals surface area contributed by atoms with Crippen molar-refractivity contribution in [1.82, 2.24) is 10.2 Å². The zero-order valence-electron chi connectivity index (χ0n) is 16.1. The number of methoxy groups -OCH3 is 1. The number of nitrogens with zero attached hydrogens (tertiary/aromatic N) is 3. The van der Waals surface area contributed by atoms with E-state index in [4.69, 9.17) is 15.4 Å². The van der Waals surface area contributed by atoms with Crippen molar-refractivity contribution in [2.45, 2.75) is 0 Å². The van der Waals surface area contributed by atoms with Crippen molar-refractivity contribution in [1.29, 1.82) is 10.7 Å². The average molecular weight is 417 g/mol. The fourth-order valence-corrected chi connectivity index (χ4v) is 2.82. The summed E-state index contributed by atoms with van der Waals surface area (Å²) in [6, 6.07) is 9.83. The summed E-state index contributed by atoms with van der Waals surface area (Å²) in [5, 5.41) is 46.7. The van der Waals surface area contributed by atoms with Crippen LogP contribution < -0.4 is 10.1 Å². The third-order valence-electron chi connectivity index (χ3n) is 4.34. The average Bonchev–Trinajstić information content (AvgIpc) is 2.78. The van der Waals surface area contributed by atoms with Gasteiger partial charge in [-0.3, -0.25) is 10.2 Å². The molecule has 1 aromatic heterocycles. The number of nitrogens with one attached hydrogen (secondary N) is 2. The lowest BCUT2D eigenvalue weighted by atomic mass is 9.99. The van der Waals surface area contributed by atoms with Crippen LogP contribution in [0.1, 0.15) is 21.5 Å². The second kappa shape index (κ2) is 8.71. The summed E-state index contributed by atoms with van der Waals surface area (Å²) in [6.45, 7) is 0. The maximum absolute atomic E-state index is 12.6.